The monoisotopic (exact) mass is 433 g/mol. The molecule has 0 aliphatic carbocycles. The smallest absolute Gasteiger partial charge is 0.165 e. The molecule has 1 aliphatic rings. The second kappa shape index (κ2) is 9.23. The Morgan fingerprint density at radius 3 is 2.59 bits per heavy atom. The Hall–Kier alpha value is -1.97. The summed E-state index contributed by atoms with van der Waals surface area (Å²) in [4.78, 5) is 7.61. The SMILES string of the molecule is NSc1ccc(-n2nc(CN3CCOCC3)nc2Cc2ccc(Cl)cc2)c(F)c1. The summed E-state index contributed by atoms with van der Waals surface area (Å²) in [7, 11) is 0. The van der Waals surface area contributed by atoms with E-state index in [0.29, 0.717) is 53.4 Å². The second-order valence-corrected chi connectivity index (χ2v) is 7.92. The molecule has 4 rings (SSSR count). The molecule has 152 valence electrons. The van der Waals surface area contributed by atoms with Crippen LogP contribution < -0.4 is 5.14 Å². The average molecular weight is 434 g/mol. The van der Waals surface area contributed by atoms with Crippen LogP contribution in [0.25, 0.3) is 5.69 Å². The van der Waals surface area contributed by atoms with E-state index in [9.17, 15) is 4.39 Å². The summed E-state index contributed by atoms with van der Waals surface area (Å²) in [5.74, 6) is 0.941. The number of ether oxygens (including phenoxy) is 1. The van der Waals surface area contributed by atoms with Gasteiger partial charge in [0.1, 0.15) is 17.3 Å². The summed E-state index contributed by atoms with van der Waals surface area (Å²) < 4.78 is 21.8. The zero-order valence-corrected chi connectivity index (χ0v) is 17.3. The van der Waals surface area contributed by atoms with Crippen molar-refractivity contribution in [3.63, 3.8) is 0 Å². The standard InChI is InChI=1S/C20H21ClFN5OS/c21-15-3-1-14(2-4-15)11-20-24-19(13-26-7-9-28-10-8-26)25-27(20)18-6-5-16(29-23)12-17(18)22/h1-6,12H,7-11,13,23H2. The normalized spacial score (nSPS) is 15.0. The Morgan fingerprint density at radius 1 is 1.14 bits per heavy atom. The third kappa shape index (κ3) is 4.96. The van der Waals surface area contributed by atoms with E-state index < -0.39 is 0 Å². The summed E-state index contributed by atoms with van der Waals surface area (Å²) in [6.07, 6.45) is 0.514. The van der Waals surface area contributed by atoms with Gasteiger partial charge in [-0.1, -0.05) is 23.7 Å². The highest BCUT2D eigenvalue weighted by molar-refractivity contribution is 7.97. The van der Waals surface area contributed by atoms with E-state index in [1.807, 2.05) is 24.3 Å². The molecule has 0 unspecified atom stereocenters. The van der Waals surface area contributed by atoms with Crippen LogP contribution in [0.1, 0.15) is 17.2 Å². The van der Waals surface area contributed by atoms with Gasteiger partial charge in [-0.05, 0) is 47.8 Å². The molecule has 0 amide bonds. The van der Waals surface area contributed by atoms with Crippen molar-refractivity contribution in [2.24, 2.45) is 5.14 Å². The van der Waals surface area contributed by atoms with Crippen molar-refractivity contribution in [3.8, 4) is 5.69 Å². The maximum atomic E-state index is 14.8. The van der Waals surface area contributed by atoms with Gasteiger partial charge < -0.3 is 4.74 Å². The fourth-order valence-electron chi connectivity index (χ4n) is 3.24. The molecule has 0 bridgehead atoms. The van der Waals surface area contributed by atoms with Gasteiger partial charge in [0.25, 0.3) is 0 Å². The third-order valence-corrected chi connectivity index (χ3v) is 5.52. The minimum atomic E-state index is -0.388. The lowest BCUT2D eigenvalue weighted by Crippen LogP contribution is -2.36. The predicted octanol–water partition coefficient (Wildman–Crippen LogP) is 3.45. The molecule has 1 aromatic heterocycles. The topological polar surface area (TPSA) is 69.2 Å². The number of morpholine rings is 1. The Balaban J connectivity index is 1.67. The van der Waals surface area contributed by atoms with Crippen molar-refractivity contribution in [1.29, 1.82) is 0 Å². The van der Waals surface area contributed by atoms with E-state index in [1.54, 1.807) is 16.8 Å². The number of benzene rings is 2. The summed E-state index contributed by atoms with van der Waals surface area (Å²) in [5, 5.41) is 10.8. The van der Waals surface area contributed by atoms with Crippen molar-refractivity contribution < 1.29 is 9.13 Å². The molecular weight excluding hydrogens is 413 g/mol. The molecule has 1 fully saturated rings. The van der Waals surface area contributed by atoms with Crippen molar-refractivity contribution in [1.82, 2.24) is 19.7 Å². The number of aromatic nitrogens is 3. The molecule has 0 spiro atoms. The van der Waals surface area contributed by atoms with E-state index >= 15 is 0 Å². The van der Waals surface area contributed by atoms with Crippen molar-refractivity contribution >= 4 is 23.5 Å². The van der Waals surface area contributed by atoms with E-state index in [1.165, 1.54) is 6.07 Å². The second-order valence-electron chi connectivity index (χ2n) is 6.78. The third-order valence-electron chi connectivity index (χ3n) is 4.75. The number of nitrogens with zero attached hydrogens (tertiary/aromatic N) is 4. The molecule has 3 aromatic rings. The Morgan fingerprint density at radius 2 is 1.90 bits per heavy atom. The van der Waals surface area contributed by atoms with Gasteiger partial charge in [-0.2, -0.15) is 0 Å². The first-order chi connectivity index (χ1) is 14.1. The first-order valence-corrected chi connectivity index (χ1v) is 10.5. The van der Waals surface area contributed by atoms with Crippen LogP contribution >= 0.6 is 23.5 Å². The van der Waals surface area contributed by atoms with Crippen LogP contribution in [-0.4, -0.2) is 46.0 Å². The fraction of sp³-hybridized carbons (Fsp3) is 0.300. The molecule has 29 heavy (non-hydrogen) atoms. The Bertz CT molecular complexity index is 976. The van der Waals surface area contributed by atoms with Gasteiger partial charge in [-0.3, -0.25) is 10.0 Å². The first-order valence-electron chi connectivity index (χ1n) is 9.28. The molecule has 9 heteroatoms. The molecule has 2 heterocycles. The molecule has 1 aliphatic heterocycles. The molecule has 0 atom stereocenters. The van der Waals surface area contributed by atoms with Crippen LogP contribution in [0.15, 0.2) is 47.4 Å². The minimum Gasteiger partial charge on any atom is -0.379 e. The maximum Gasteiger partial charge on any atom is 0.165 e. The number of halogens is 2. The average Bonchev–Trinajstić information content (AvgIpc) is 3.12. The van der Waals surface area contributed by atoms with Gasteiger partial charge >= 0.3 is 0 Å². The highest BCUT2D eigenvalue weighted by Gasteiger charge is 2.19. The van der Waals surface area contributed by atoms with Crippen LogP contribution in [0.5, 0.6) is 0 Å². The van der Waals surface area contributed by atoms with E-state index in [0.717, 1.165) is 30.6 Å². The quantitative estimate of drug-likeness (QED) is 0.600. The van der Waals surface area contributed by atoms with E-state index in [2.05, 4.69) is 10.00 Å². The minimum absolute atomic E-state index is 0.354. The van der Waals surface area contributed by atoms with E-state index in [4.69, 9.17) is 26.5 Å². The van der Waals surface area contributed by atoms with Crippen LogP contribution in [0, 0.1) is 5.82 Å². The molecular formula is C20H21ClFN5OS. The maximum absolute atomic E-state index is 14.8. The van der Waals surface area contributed by atoms with Gasteiger partial charge in [-0.15, -0.1) is 5.10 Å². The summed E-state index contributed by atoms with van der Waals surface area (Å²) in [6.45, 7) is 3.66. The largest absolute Gasteiger partial charge is 0.379 e. The zero-order chi connectivity index (χ0) is 20.2. The number of hydrogen-bond acceptors (Lipinski definition) is 6. The Kier molecular flexibility index (Phi) is 6.46. The fourth-order valence-corrected chi connectivity index (χ4v) is 3.69. The summed E-state index contributed by atoms with van der Waals surface area (Å²) in [5.41, 5.74) is 1.38. The molecule has 6 nitrogen and oxygen atoms in total. The van der Waals surface area contributed by atoms with Gasteiger partial charge in [0.2, 0.25) is 0 Å². The molecule has 0 saturated carbocycles. The molecule has 2 N–H and O–H groups in total. The summed E-state index contributed by atoms with van der Waals surface area (Å²) >= 11 is 7.00. The van der Waals surface area contributed by atoms with Gasteiger partial charge in [-0.25, -0.2) is 14.1 Å². The van der Waals surface area contributed by atoms with Crippen molar-refractivity contribution in [3.05, 3.63) is 70.5 Å². The van der Waals surface area contributed by atoms with Crippen LogP contribution in [-0.2, 0) is 17.7 Å². The molecule has 2 aromatic carbocycles. The molecule has 1 saturated heterocycles. The van der Waals surface area contributed by atoms with Gasteiger partial charge in [0.05, 0.1) is 19.8 Å². The predicted molar refractivity (Wildman–Crippen MR) is 112 cm³/mol. The van der Waals surface area contributed by atoms with Crippen molar-refractivity contribution in [2.75, 3.05) is 26.3 Å². The van der Waals surface area contributed by atoms with Gasteiger partial charge in [0, 0.05) is 29.4 Å². The first kappa shape index (κ1) is 20.3. The summed E-state index contributed by atoms with van der Waals surface area (Å²) in [6, 6.07) is 12.4. The van der Waals surface area contributed by atoms with Crippen LogP contribution in [0.3, 0.4) is 0 Å². The van der Waals surface area contributed by atoms with Gasteiger partial charge in [0.15, 0.2) is 5.82 Å². The lowest BCUT2D eigenvalue weighted by atomic mass is 10.1. The zero-order valence-electron chi connectivity index (χ0n) is 15.7. The van der Waals surface area contributed by atoms with Crippen molar-refractivity contribution in [2.45, 2.75) is 17.9 Å². The highest BCUT2D eigenvalue weighted by atomic mass is 35.5. The number of rotatable bonds is 6. The Labute approximate surface area is 177 Å². The lowest BCUT2D eigenvalue weighted by molar-refractivity contribution is 0.0330. The van der Waals surface area contributed by atoms with Crippen LogP contribution in [0.2, 0.25) is 5.02 Å². The van der Waals surface area contributed by atoms with Crippen LogP contribution in [0.4, 0.5) is 4.39 Å². The number of hydrogen-bond donors (Lipinski definition) is 1. The van der Waals surface area contributed by atoms with E-state index in [-0.39, 0.29) is 5.82 Å². The molecule has 0 radical (unpaired) electrons. The lowest BCUT2D eigenvalue weighted by Gasteiger charge is -2.25. The highest BCUT2D eigenvalue weighted by Crippen LogP contribution is 2.22. The number of nitrogens with two attached hydrogens (primary N) is 1.